The van der Waals surface area contributed by atoms with E-state index in [2.05, 4.69) is 4.98 Å². The van der Waals surface area contributed by atoms with Crippen LogP contribution in [0.1, 0.15) is 11.8 Å². The first-order valence-electron chi connectivity index (χ1n) is 4.95. The summed E-state index contributed by atoms with van der Waals surface area (Å²) in [5, 5.41) is 18.1. The zero-order valence-corrected chi connectivity index (χ0v) is 9.00. The summed E-state index contributed by atoms with van der Waals surface area (Å²) in [6.45, 7) is 1.15. The van der Waals surface area contributed by atoms with E-state index in [0.717, 1.165) is 10.6 Å². The summed E-state index contributed by atoms with van der Waals surface area (Å²) in [6.07, 6.45) is 0.342. The number of aromatic hydroxyl groups is 1. The minimum absolute atomic E-state index is 0.327. The molecule has 2 N–H and O–H groups in total. The van der Waals surface area contributed by atoms with E-state index in [9.17, 15) is 14.3 Å². The standard InChI is InChI=1S/C10H11FN2O4/c1-5-3-13(10(16)12-8(5)15)9-7(11)2-6(4-14)17-9/h2-3,6,9,14H,4H2,1H3,(H,12,15,16). The molecule has 1 aromatic heterocycles. The summed E-state index contributed by atoms with van der Waals surface area (Å²) in [7, 11) is 0. The second-order valence-corrected chi connectivity index (χ2v) is 3.70. The average molecular weight is 242 g/mol. The van der Waals surface area contributed by atoms with Crippen molar-refractivity contribution in [1.29, 1.82) is 0 Å². The van der Waals surface area contributed by atoms with Crippen LogP contribution in [-0.2, 0) is 4.74 Å². The van der Waals surface area contributed by atoms with Gasteiger partial charge in [-0.1, -0.05) is 0 Å². The first kappa shape index (κ1) is 11.7. The fourth-order valence-electron chi connectivity index (χ4n) is 1.55. The average Bonchev–Trinajstić information content (AvgIpc) is 2.65. The van der Waals surface area contributed by atoms with E-state index in [4.69, 9.17) is 9.84 Å². The van der Waals surface area contributed by atoms with Crippen molar-refractivity contribution in [3.8, 4) is 5.88 Å². The number of nitrogens with zero attached hydrogens (tertiary/aromatic N) is 2. The summed E-state index contributed by atoms with van der Waals surface area (Å²) in [4.78, 5) is 14.8. The zero-order valence-electron chi connectivity index (χ0n) is 9.00. The van der Waals surface area contributed by atoms with Crippen LogP contribution in [0.2, 0.25) is 0 Å². The molecule has 0 bridgehead atoms. The number of aliphatic hydroxyl groups excluding tert-OH is 1. The van der Waals surface area contributed by atoms with Crippen LogP contribution in [0.15, 0.2) is 22.9 Å². The van der Waals surface area contributed by atoms with E-state index in [1.807, 2.05) is 0 Å². The van der Waals surface area contributed by atoms with Gasteiger partial charge in [-0.15, -0.1) is 0 Å². The van der Waals surface area contributed by atoms with Gasteiger partial charge in [0.05, 0.1) is 6.61 Å². The van der Waals surface area contributed by atoms with E-state index in [1.54, 1.807) is 0 Å². The van der Waals surface area contributed by atoms with Crippen LogP contribution in [0.5, 0.6) is 5.88 Å². The lowest BCUT2D eigenvalue weighted by atomic mass is 10.3. The molecule has 6 nitrogen and oxygen atoms in total. The molecule has 1 aromatic rings. The number of halogens is 1. The Morgan fingerprint density at radius 1 is 1.65 bits per heavy atom. The zero-order chi connectivity index (χ0) is 12.6. The summed E-state index contributed by atoms with van der Waals surface area (Å²) in [5.41, 5.74) is -0.492. The van der Waals surface area contributed by atoms with Crippen molar-refractivity contribution in [2.24, 2.45) is 0 Å². The molecule has 0 saturated heterocycles. The molecule has 2 rings (SSSR count). The van der Waals surface area contributed by atoms with Gasteiger partial charge in [0.15, 0.2) is 6.23 Å². The number of aromatic nitrogens is 2. The Balaban J connectivity index is 2.40. The number of aliphatic hydroxyl groups is 1. The molecular weight excluding hydrogens is 231 g/mol. The van der Waals surface area contributed by atoms with E-state index in [1.165, 1.54) is 13.1 Å². The van der Waals surface area contributed by atoms with Gasteiger partial charge in [-0.25, -0.2) is 9.18 Å². The van der Waals surface area contributed by atoms with Crippen LogP contribution < -0.4 is 5.69 Å². The molecular formula is C10H11FN2O4. The molecule has 0 aromatic carbocycles. The summed E-state index contributed by atoms with van der Waals surface area (Å²) in [6, 6.07) is 0. The van der Waals surface area contributed by atoms with Crippen molar-refractivity contribution in [3.05, 3.63) is 34.1 Å². The van der Waals surface area contributed by atoms with Gasteiger partial charge < -0.3 is 14.9 Å². The third-order valence-corrected chi connectivity index (χ3v) is 2.43. The smallest absolute Gasteiger partial charge is 0.353 e. The molecule has 1 aliphatic rings. The predicted octanol–water partition coefficient (Wildman–Crippen LogP) is 0.000420. The molecule has 0 saturated carbocycles. The summed E-state index contributed by atoms with van der Waals surface area (Å²) in [5.74, 6) is -1.06. The molecule has 2 atom stereocenters. The molecule has 0 fully saturated rings. The highest BCUT2D eigenvalue weighted by Crippen LogP contribution is 2.28. The Bertz CT molecular complexity index is 526. The van der Waals surface area contributed by atoms with Crippen LogP contribution in [0, 0.1) is 6.92 Å². The molecule has 7 heteroatoms. The lowest BCUT2D eigenvalue weighted by molar-refractivity contribution is -0.0216. The summed E-state index contributed by atoms with van der Waals surface area (Å²) < 4.78 is 19.5. The van der Waals surface area contributed by atoms with E-state index in [-0.39, 0.29) is 6.61 Å². The lowest BCUT2D eigenvalue weighted by Crippen LogP contribution is -2.28. The fourth-order valence-corrected chi connectivity index (χ4v) is 1.55. The Hall–Kier alpha value is -1.73. The lowest BCUT2D eigenvalue weighted by Gasteiger charge is -2.15. The van der Waals surface area contributed by atoms with Crippen molar-refractivity contribution < 1.29 is 19.3 Å². The molecule has 0 spiro atoms. The maximum atomic E-state index is 13.5. The normalized spacial score (nSPS) is 23.8. The second kappa shape index (κ2) is 4.27. The highest BCUT2D eigenvalue weighted by Gasteiger charge is 2.29. The van der Waals surface area contributed by atoms with Crippen molar-refractivity contribution >= 4 is 0 Å². The Morgan fingerprint density at radius 3 is 2.94 bits per heavy atom. The maximum Gasteiger partial charge on any atom is 0.353 e. The molecule has 92 valence electrons. The van der Waals surface area contributed by atoms with E-state index >= 15 is 0 Å². The fraction of sp³-hybridized carbons (Fsp3) is 0.400. The van der Waals surface area contributed by atoms with Crippen LogP contribution >= 0.6 is 0 Å². The number of aryl methyl sites for hydroxylation is 1. The number of hydrogen-bond donors (Lipinski definition) is 2. The Morgan fingerprint density at radius 2 is 2.35 bits per heavy atom. The minimum atomic E-state index is -1.23. The van der Waals surface area contributed by atoms with Crippen molar-refractivity contribution in [2.75, 3.05) is 6.61 Å². The van der Waals surface area contributed by atoms with E-state index < -0.39 is 29.7 Å². The van der Waals surface area contributed by atoms with Gasteiger partial charge >= 0.3 is 5.69 Å². The molecule has 0 amide bonds. The van der Waals surface area contributed by atoms with Crippen molar-refractivity contribution in [2.45, 2.75) is 19.3 Å². The highest BCUT2D eigenvalue weighted by atomic mass is 19.1. The number of hydrogen-bond acceptors (Lipinski definition) is 5. The quantitative estimate of drug-likeness (QED) is 0.762. The Kier molecular flexibility index (Phi) is 2.95. The monoisotopic (exact) mass is 242 g/mol. The van der Waals surface area contributed by atoms with Gasteiger partial charge in [0.25, 0.3) is 0 Å². The van der Waals surface area contributed by atoms with Crippen LogP contribution in [-0.4, -0.2) is 32.5 Å². The third-order valence-electron chi connectivity index (χ3n) is 2.43. The topological polar surface area (TPSA) is 84.6 Å². The first-order valence-corrected chi connectivity index (χ1v) is 4.95. The SMILES string of the molecule is Cc1cn(C2OC(CO)C=C2F)c(=O)nc1O. The highest BCUT2D eigenvalue weighted by molar-refractivity contribution is 5.20. The summed E-state index contributed by atoms with van der Waals surface area (Å²) >= 11 is 0. The van der Waals surface area contributed by atoms with Crippen molar-refractivity contribution in [3.63, 3.8) is 0 Å². The Labute approximate surface area is 95.6 Å². The van der Waals surface area contributed by atoms with Gasteiger partial charge in [-0.05, 0) is 13.0 Å². The van der Waals surface area contributed by atoms with Crippen LogP contribution in [0.4, 0.5) is 4.39 Å². The largest absolute Gasteiger partial charge is 0.493 e. The second-order valence-electron chi connectivity index (χ2n) is 3.70. The predicted molar refractivity (Wildman–Crippen MR) is 55.1 cm³/mol. The van der Waals surface area contributed by atoms with Gasteiger partial charge in [0, 0.05) is 11.8 Å². The molecule has 2 heterocycles. The van der Waals surface area contributed by atoms with E-state index in [0.29, 0.717) is 5.56 Å². The van der Waals surface area contributed by atoms with Crippen LogP contribution in [0.25, 0.3) is 0 Å². The van der Waals surface area contributed by atoms with Gasteiger partial charge in [-0.3, -0.25) is 4.57 Å². The molecule has 2 unspecified atom stereocenters. The maximum absolute atomic E-state index is 13.5. The number of ether oxygens (including phenoxy) is 1. The van der Waals surface area contributed by atoms with Crippen molar-refractivity contribution in [1.82, 2.24) is 9.55 Å². The molecule has 0 aliphatic carbocycles. The minimum Gasteiger partial charge on any atom is -0.493 e. The van der Waals surface area contributed by atoms with Gasteiger partial charge in [-0.2, -0.15) is 4.98 Å². The first-order chi connectivity index (χ1) is 8.02. The molecule has 17 heavy (non-hydrogen) atoms. The third kappa shape index (κ3) is 2.06. The molecule has 0 radical (unpaired) electrons. The molecule has 1 aliphatic heterocycles. The van der Waals surface area contributed by atoms with Crippen LogP contribution in [0.3, 0.4) is 0 Å². The van der Waals surface area contributed by atoms with Gasteiger partial charge in [0.1, 0.15) is 11.9 Å². The van der Waals surface area contributed by atoms with Gasteiger partial charge in [0.2, 0.25) is 5.88 Å². The number of rotatable bonds is 2.